The number of nitrogens with zero attached hydrogens (tertiary/aromatic N) is 2. The molecule has 2 amide bonds. The summed E-state index contributed by atoms with van der Waals surface area (Å²) in [5.74, 6) is -0.556. The fourth-order valence-electron chi connectivity index (χ4n) is 2.61. The highest BCUT2D eigenvalue weighted by Crippen LogP contribution is 2.13. The van der Waals surface area contributed by atoms with Gasteiger partial charge in [0.1, 0.15) is 6.04 Å². The van der Waals surface area contributed by atoms with Crippen LogP contribution in [0.1, 0.15) is 35.3 Å². The van der Waals surface area contributed by atoms with Gasteiger partial charge in [0, 0.05) is 24.2 Å². The second-order valence-corrected chi connectivity index (χ2v) is 7.14. The van der Waals surface area contributed by atoms with Crippen molar-refractivity contribution in [2.75, 3.05) is 7.05 Å². The molecular weight excluding hydrogens is 362 g/mol. The van der Waals surface area contributed by atoms with Gasteiger partial charge in [-0.05, 0) is 47.9 Å². The molecule has 0 aromatic heterocycles. The summed E-state index contributed by atoms with van der Waals surface area (Å²) >= 11 is 5.85. The summed E-state index contributed by atoms with van der Waals surface area (Å²) in [6.45, 7) is 4.17. The molecule has 140 valence electrons. The molecule has 0 fully saturated rings. The molecule has 2 aromatic rings. The number of carbonyl (C=O) groups is 2. The van der Waals surface area contributed by atoms with Crippen molar-refractivity contribution in [1.82, 2.24) is 10.2 Å². The maximum absolute atomic E-state index is 12.9. The van der Waals surface area contributed by atoms with E-state index in [-0.39, 0.29) is 17.7 Å². The van der Waals surface area contributed by atoms with Crippen LogP contribution < -0.4 is 5.32 Å². The predicted molar refractivity (Wildman–Crippen MR) is 105 cm³/mol. The van der Waals surface area contributed by atoms with Crippen molar-refractivity contribution in [1.29, 1.82) is 5.26 Å². The number of hydrogen-bond acceptors (Lipinski definition) is 3. The SMILES string of the molecule is CC(C)C(NC(=O)c1ccc(Cl)cc1)C(=O)N(C)Cc1ccc(C#N)cc1. The van der Waals surface area contributed by atoms with Gasteiger partial charge in [-0.3, -0.25) is 9.59 Å². The zero-order valence-electron chi connectivity index (χ0n) is 15.6. The highest BCUT2D eigenvalue weighted by Gasteiger charge is 2.27. The van der Waals surface area contributed by atoms with E-state index in [0.717, 1.165) is 5.56 Å². The minimum atomic E-state index is -0.642. The first-order valence-corrected chi connectivity index (χ1v) is 9.00. The predicted octanol–water partition coefficient (Wildman–Crippen LogP) is 3.62. The van der Waals surface area contributed by atoms with E-state index in [1.807, 2.05) is 26.0 Å². The van der Waals surface area contributed by atoms with Crippen molar-refractivity contribution < 1.29 is 9.59 Å². The average Bonchev–Trinajstić information content (AvgIpc) is 2.66. The Kier molecular flexibility index (Phi) is 6.98. The molecule has 0 aliphatic heterocycles. The lowest BCUT2D eigenvalue weighted by atomic mass is 10.0. The van der Waals surface area contributed by atoms with Crippen molar-refractivity contribution in [2.45, 2.75) is 26.4 Å². The smallest absolute Gasteiger partial charge is 0.251 e. The molecule has 0 saturated heterocycles. The molecule has 2 rings (SSSR count). The standard InChI is InChI=1S/C21H22ClN3O2/c1-14(2)19(24-20(26)17-8-10-18(22)11-9-17)21(27)25(3)13-16-6-4-15(12-23)5-7-16/h4-11,14,19H,13H2,1-3H3,(H,24,26). The second-order valence-electron chi connectivity index (χ2n) is 6.71. The van der Waals surface area contributed by atoms with Crippen LogP contribution >= 0.6 is 11.6 Å². The number of nitriles is 1. The van der Waals surface area contributed by atoms with E-state index in [2.05, 4.69) is 11.4 Å². The number of amides is 2. The molecule has 5 nitrogen and oxygen atoms in total. The average molecular weight is 384 g/mol. The van der Waals surface area contributed by atoms with Crippen LogP contribution in [0.5, 0.6) is 0 Å². The van der Waals surface area contributed by atoms with Gasteiger partial charge in [-0.15, -0.1) is 0 Å². The molecule has 0 heterocycles. The number of rotatable bonds is 6. The monoisotopic (exact) mass is 383 g/mol. The van der Waals surface area contributed by atoms with E-state index >= 15 is 0 Å². The Morgan fingerprint density at radius 1 is 1.11 bits per heavy atom. The Morgan fingerprint density at radius 3 is 2.22 bits per heavy atom. The molecule has 0 aliphatic rings. The minimum absolute atomic E-state index is 0.0721. The zero-order valence-corrected chi connectivity index (χ0v) is 16.3. The Labute approximate surface area is 164 Å². The topological polar surface area (TPSA) is 73.2 Å². The lowest BCUT2D eigenvalue weighted by Crippen LogP contribution is -2.50. The molecule has 6 heteroatoms. The fourth-order valence-corrected chi connectivity index (χ4v) is 2.74. The van der Waals surface area contributed by atoms with Gasteiger partial charge in [-0.1, -0.05) is 37.6 Å². The lowest BCUT2D eigenvalue weighted by Gasteiger charge is -2.27. The molecular formula is C21H22ClN3O2. The third kappa shape index (κ3) is 5.57. The zero-order chi connectivity index (χ0) is 20.0. The number of halogens is 1. The van der Waals surface area contributed by atoms with E-state index < -0.39 is 6.04 Å². The second kappa shape index (κ2) is 9.20. The third-order valence-corrected chi connectivity index (χ3v) is 4.46. The van der Waals surface area contributed by atoms with E-state index in [1.54, 1.807) is 48.3 Å². The molecule has 1 atom stereocenters. The first-order chi connectivity index (χ1) is 12.8. The van der Waals surface area contributed by atoms with Crippen LogP contribution in [0.2, 0.25) is 5.02 Å². The maximum Gasteiger partial charge on any atom is 0.251 e. The van der Waals surface area contributed by atoms with Crippen molar-refractivity contribution in [3.63, 3.8) is 0 Å². The Bertz CT molecular complexity index is 839. The van der Waals surface area contributed by atoms with Gasteiger partial charge in [0.05, 0.1) is 11.6 Å². The molecule has 1 unspecified atom stereocenters. The molecule has 0 spiro atoms. The van der Waals surface area contributed by atoms with Crippen LogP contribution in [-0.2, 0) is 11.3 Å². The van der Waals surface area contributed by atoms with Crippen LogP contribution in [0, 0.1) is 17.2 Å². The number of nitrogens with one attached hydrogen (secondary N) is 1. The van der Waals surface area contributed by atoms with Crippen LogP contribution in [0.25, 0.3) is 0 Å². The largest absolute Gasteiger partial charge is 0.340 e. The van der Waals surface area contributed by atoms with Gasteiger partial charge in [0.2, 0.25) is 5.91 Å². The summed E-state index contributed by atoms with van der Waals surface area (Å²) in [5, 5.41) is 12.2. The van der Waals surface area contributed by atoms with Crippen LogP contribution in [-0.4, -0.2) is 29.8 Å². The summed E-state index contributed by atoms with van der Waals surface area (Å²) in [4.78, 5) is 26.9. The normalized spacial score (nSPS) is 11.6. The highest BCUT2D eigenvalue weighted by molar-refractivity contribution is 6.30. The first kappa shape index (κ1) is 20.5. The van der Waals surface area contributed by atoms with Crippen LogP contribution in [0.4, 0.5) is 0 Å². The van der Waals surface area contributed by atoms with Gasteiger partial charge < -0.3 is 10.2 Å². The quantitative estimate of drug-likeness (QED) is 0.827. The summed E-state index contributed by atoms with van der Waals surface area (Å²) in [7, 11) is 1.70. The number of likely N-dealkylation sites (N-methyl/N-ethyl adjacent to an activating group) is 1. The van der Waals surface area contributed by atoms with E-state index in [0.29, 0.717) is 22.7 Å². The van der Waals surface area contributed by atoms with Gasteiger partial charge in [-0.25, -0.2) is 0 Å². The van der Waals surface area contributed by atoms with E-state index in [4.69, 9.17) is 16.9 Å². The highest BCUT2D eigenvalue weighted by atomic mass is 35.5. The van der Waals surface area contributed by atoms with Crippen molar-refractivity contribution in [3.8, 4) is 6.07 Å². The molecule has 1 N–H and O–H groups in total. The fraction of sp³-hybridized carbons (Fsp3) is 0.286. The maximum atomic E-state index is 12.9. The minimum Gasteiger partial charge on any atom is -0.340 e. The van der Waals surface area contributed by atoms with Crippen LogP contribution in [0.15, 0.2) is 48.5 Å². The first-order valence-electron chi connectivity index (χ1n) is 8.62. The number of hydrogen-bond donors (Lipinski definition) is 1. The third-order valence-electron chi connectivity index (χ3n) is 4.20. The summed E-state index contributed by atoms with van der Waals surface area (Å²) in [6.07, 6.45) is 0. The Morgan fingerprint density at radius 2 is 1.70 bits per heavy atom. The molecule has 0 bridgehead atoms. The summed E-state index contributed by atoms with van der Waals surface area (Å²) < 4.78 is 0. The molecule has 0 radical (unpaired) electrons. The summed E-state index contributed by atoms with van der Waals surface area (Å²) in [6, 6.07) is 15.0. The van der Waals surface area contributed by atoms with Crippen molar-refractivity contribution in [3.05, 3.63) is 70.2 Å². The van der Waals surface area contributed by atoms with Crippen LogP contribution in [0.3, 0.4) is 0 Å². The van der Waals surface area contributed by atoms with Gasteiger partial charge >= 0.3 is 0 Å². The van der Waals surface area contributed by atoms with Crippen molar-refractivity contribution >= 4 is 23.4 Å². The molecule has 0 saturated carbocycles. The molecule has 27 heavy (non-hydrogen) atoms. The van der Waals surface area contributed by atoms with Gasteiger partial charge in [0.25, 0.3) is 5.91 Å². The van der Waals surface area contributed by atoms with Crippen molar-refractivity contribution in [2.24, 2.45) is 5.92 Å². The number of benzene rings is 2. The lowest BCUT2D eigenvalue weighted by molar-refractivity contribution is -0.133. The summed E-state index contributed by atoms with van der Waals surface area (Å²) in [5.41, 5.74) is 1.94. The van der Waals surface area contributed by atoms with E-state index in [9.17, 15) is 9.59 Å². The molecule has 0 aliphatic carbocycles. The van der Waals surface area contributed by atoms with Gasteiger partial charge in [-0.2, -0.15) is 5.26 Å². The van der Waals surface area contributed by atoms with E-state index in [1.165, 1.54) is 0 Å². The Hall–Kier alpha value is -2.84. The van der Waals surface area contributed by atoms with Gasteiger partial charge in [0.15, 0.2) is 0 Å². The Balaban J connectivity index is 2.07. The number of carbonyl (C=O) groups excluding carboxylic acids is 2. The molecule has 2 aromatic carbocycles.